The predicted molar refractivity (Wildman–Crippen MR) is 84.2 cm³/mol. The molecule has 1 aromatic carbocycles. The van der Waals surface area contributed by atoms with Crippen LogP contribution in [-0.2, 0) is 0 Å². The summed E-state index contributed by atoms with van der Waals surface area (Å²) < 4.78 is 6.98. The molecule has 19 heavy (non-hydrogen) atoms. The van der Waals surface area contributed by atoms with Crippen LogP contribution in [0.4, 0.5) is 11.4 Å². The number of aliphatic imine (C=N–C) groups is 1. The zero-order valence-corrected chi connectivity index (χ0v) is 13.5. The molecule has 0 amide bonds. The van der Waals surface area contributed by atoms with Crippen LogP contribution in [0.25, 0.3) is 0 Å². The number of halogens is 2. The molecule has 0 aliphatic rings. The van der Waals surface area contributed by atoms with E-state index < -0.39 is 4.92 Å². The molecule has 0 aliphatic carbocycles. The van der Waals surface area contributed by atoms with Crippen molar-refractivity contribution in [2.24, 2.45) is 4.99 Å². The normalized spacial score (nSPS) is 11.1. The van der Waals surface area contributed by atoms with E-state index in [2.05, 4.69) is 43.5 Å². The fourth-order valence-corrected chi connectivity index (χ4v) is 2.16. The van der Waals surface area contributed by atoms with Gasteiger partial charge in [-0.05, 0) is 28.9 Å². The molecular weight excluding hydrogens is 427 g/mol. The maximum atomic E-state index is 10.8. The van der Waals surface area contributed by atoms with Gasteiger partial charge < -0.3 is 4.42 Å². The summed E-state index contributed by atoms with van der Waals surface area (Å²) >= 11 is 5.38. The molecule has 7 heteroatoms. The van der Waals surface area contributed by atoms with Crippen LogP contribution < -0.4 is 0 Å². The van der Waals surface area contributed by atoms with Gasteiger partial charge in [0.25, 0.3) is 5.69 Å². The molecule has 0 bridgehead atoms. The molecule has 0 atom stereocenters. The molecule has 0 spiro atoms. The van der Waals surface area contributed by atoms with Crippen molar-refractivity contribution in [1.82, 2.24) is 0 Å². The van der Waals surface area contributed by atoms with Gasteiger partial charge in [0, 0.05) is 40.3 Å². The topological polar surface area (TPSA) is 68.6 Å². The summed E-state index contributed by atoms with van der Waals surface area (Å²) in [6, 6.07) is 6.62. The van der Waals surface area contributed by atoms with E-state index in [0.717, 1.165) is 8.24 Å². The average Bonchev–Trinajstić information content (AvgIpc) is 2.67. The van der Waals surface area contributed by atoms with E-state index in [-0.39, 0.29) is 5.69 Å². The van der Waals surface area contributed by atoms with Gasteiger partial charge in [-0.3, -0.25) is 15.1 Å². The summed E-state index contributed by atoms with van der Waals surface area (Å²) in [5.41, 5.74) is 1.18. The lowest BCUT2D eigenvalue weighted by Crippen LogP contribution is -1.90. The smallest absolute Gasteiger partial charge is 0.274 e. The highest BCUT2D eigenvalue weighted by Gasteiger charge is 2.10. The quantitative estimate of drug-likeness (QED) is 0.306. The monoisotopic (exact) mass is 434 g/mol. The van der Waals surface area contributed by atoms with Gasteiger partial charge in [0.05, 0.1) is 21.3 Å². The van der Waals surface area contributed by atoms with Crippen molar-refractivity contribution in [2.75, 3.05) is 0 Å². The fourth-order valence-electron chi connectivity index (χ4n) is 1.44. The number of nitro benzene ring substituents is 1. The lowest BCUT2D eigenvalue weighted by molar-refractivity contribution is -0.385. The van der Waals surface area contributed by atoms with Crippen molar-refractivity contribution in [3.8, 4) is 0 Å². The van der Waals surface area contributed by atoms with Gasteiger partial charge in [0.1, 0.15) is 5.76 Å². The molecule has 5 nitrogen and oxygen atoms in total. The number of benzene rings is 1. The predicted octanol–water partition coefficient (Wildman–Crippen LogP) is 4.61. The summed E-state index contributed by atoms with van der Waals surface area (Å²) in [5, 5.41) is 10.8. The Morgan fingerprint density at radius 1 is 1.47 bits per heavy atom. The third kappa shape index (κ3) is 3.41. The average molecular weight is 435 g/mol. The van der Waals surface area contributed by atoms with Gasteiger partial charge >= 0.3 is 0 Å². The van der Waals surface area contributed by atoms with Crippen LogP contribution in [0.1, 0.15) is 11.3 Å². The largest absolute Gasteiger partial charge is 0.448 e. The Kier molecular flexibility index (Phi) is 4.35. The first-order valence-corrected chi connectivity index (χ1v) is 7.08. The summed E-state index contributed by atoms with van der Waals surface area (Å²) in [6.45, 7) is 1.69. The van der Waals surface area contributed by atoms with Crippen LogP contribution in [0, 0.1) is 20.8 Å². The van der Waals surface area contributed by atoms with Crippen LogP contribution in [-0.4, -0.2) is 11.1 Å². The first-order chi connectivity index (χ1) is 8.97. The lowest BCUT2D eigenvalue weighted by Gasteiger charge is -1.97. The van der Waals surface area contributed by atoms with Gasteiger partial charge in [-0.2, -0.15) is 0 Å². The second-order valence-corrected chi connectivity index (χ2v) is 5.59. The highest BCUT2D eigenvalue weighted by molar-refractivity contribution is 14.1. The minimum Gasteiger partial charge on any atom is -0.448 e. The highest BCUT2D eigenvalue weighted by atomic mass is 127. The second-order valence-electron chi connectivity index (χ2n) is 3.76. The number of hydrogen-bond donors (Lipinski definition) is 0. The molecule has 2 aromatic rings. The Labute approximate surface area is 131 Å². The zero-order chi connectivity index (χ0) is 14.0. The first kappa shape index (κ1) is 14.2. The number of hydrogen-bond acceptors (Lipinski definition) is 4. The maximum absolute atomic E-state index is 10.8. The van der Waals surface area contributed by atoms with Crippen LogP contribution >= 0.6 is 38.5 Å². The molecular formula is C12H8BrIN2O3. The van der Waals surface area contributed by atoms with E-state index in [0.29, 0.717) is 17.0 Å². The standard InChI is InChI=1S/C12H8BrIN2O3/c1-7-2-3-8(4-11(7)16(17)18)15-6-9-5-10(13)12(14)19-9/h2-6H,1H3. The number of aryl methyl sites for hydroxylation is 1. The van der Waals surface area contributed by atoms with Crippen molar-refractivity contribution in [3.63, 3.8) is 0 Å². The molecule has 0 aliphatic heterocycles. The van der Waals surface area contributed by atoms with Gasteiger partial charge in [0.2, 0.25) is 0 Å². The summed E-state index contributed by atoms with van der Waals surface area (Å²) in [5.74, 6) is 0.583. The Morgan fingerprint density at radius 2 is 2.21 bits per heavy atom. The Bertz CT molecular complexity index is 647. The van der Waals surface area contributed by atoms with Crippen LogP contribution in [0.3, 0.4) is 0 Å². The van der Waals surface area contributed by atoms with Crippen molar-refractivity contribution < 1.29 is 9.34 Å². The van der Waals surface area contributed by atoms with Gasteiger partial charge in [-0.15, -0.1) is 0 Å². The molecule has 0 saturated carbocycles. The molecule has 1 heterocycles. The Morgan fingerprint density at radius 3 is 2.79 bits per heavy atom. The first-order valence-electron chi connectivity index (χ1n) is 5.21. The van der Waals surface area contributed by atoms with Crippen LogP contribution in [0.5, 0.6) is 0 Å². The van der Waals surface area contributed by atoms with Crippen molar-refractivity contribution in [2.45, 2.75) is 6.92 Å². The van der Waals surface area contributed by atoms with E-state index in [4.69, 9.17) is 4.42 Å². The molecule has 0 fully saturated rings. The third-order valence-electron chi connectivity index (χ3n) is 2.39. The minimum absolute atomic E-state index is 0.0601. The van der Waals surface area contributed by atoms with Crippen molar-refractivity contribution in [3.05, 3.63) is 53.9 Å². The van der Waals surface area contributed by atoms with Crippen LogP contribution in [0.15, 0.2) is 38.1 Å². The number of rotatable bonds is 3. The molecule has 1 aromatic heterocycles. The van der Waals surface area contributed by atoms with E-state index >= 15 is 0 Å². The third-order valence-corrected chi connectivity index (χ3v) is 4.53. The Balaban J connectivity index is 2.28. The fraction of sp³-hybridized carbons (Fsp3) is 0.0833. The Hall–Kier alpha value is -1.22. The summed E-state index contributed by atoms with van der Waals surface area (Å²) in [4.78, 5) is 14.6. The second kappa shape index (κ2) is 5.83. The van der Waals surface area contributed by atoms with E-state index in [1.165, 1.54) is 12.3 Å². The number of furan rings is 1. The highest BCUT2D eigenvalue weighted by Crippen LogP contribution is 2.25. The minimum atomic E-state index is -0.416. The van der Waals surface area contributed by atoms with E-state index in [1.807, 2.05) is 0 Å². The summed E-state index contributed by atoms with van der Waals surface area (Å²) in [6.07, 6.45) is 1.53. The molecule has 98 valence electrons. The lowest BCUT2D eigenvalue weighted by atomic mass is 10.2. The van der Waals surface area contributed by atoms with E-state index in [9.17, 15) is 10.1 Å². The molecule has 2 rings (SSSR count). The SMILES string of the molecule is Cc1ccc(N=Cc2cc(Br)c(I)o2)cc1[N+](=O)[O-]. The molecule has 0 radical (unpaired) electrons. The van der Waals surface area contributed by atoms with Gasteiger partial charge in [0.15, 0.2) is 3.77 Å². The van der Waals surface area contributed by atoms with Crippen LogP contribution in [0.2, 0.25) is 0 Å². The summed E-state index contributed by atoms with van der Waals surface area (Å²) in [7, 11) is 0. The number of nitro groups is 1. The number of nitrogens with zero attached hydrogens (tertiary/aromatic N) is 2. The van der Waals surface area contributed by atoms with E-state index in [1.54, 1.807) is 25.1 Å². The maximum Gasteiger partial charge on any atom is 0.274 e. The van der Waals surface area contributed by atoms with Gasteiger partial charge in [-0.25, -0.2) is 0 Å². The van der Waals surface area contributed by atoms with Gasteiger partial charge in [-0.1, -0.05) is 6.07 Å². The van der Waals surface area contributed by atoms with Crippen molar-refractivity contribution >= 4 is 56.1 Å². The zero-order valence-electron chi connectivity index (χ0n) is 9.76. The molecule has 0 unspecified atom stereocenters. The molecule has 0 N–H and O–H groups in total. The molecule has 0 saturated heterocycles. The van der Waals surface area contributed by atoms with Crippen molar-refractivity contribution in [1.29, 1.82) is 0 Å².